The van der Waals surface area contributed by atoms with Gasteiger partial charge in [0.05, 0.1) is 9.88 Å². The Kier molecular flexibility index (Phi) is 3.88. The number of nitrogens with zero attached hydrogens (tertiary/aromatic N) is 1. The smallest absolute Gasteiger partial charge is 0.172 e. The third-order valence-corrected chi connectivity index (χ3v) is 4.93. The van der Waals surface area contributed by atoms with Gasteiger partial charge in [-0.3, -0.25) is 4.79 Å². The van der Waals surface area contributed by atoms with E-state index in [1.807, 2.05) is 6.07 Å². The number of carbonyl (C=O) groups excluding carboxylic acids is 1. The van der Waals surface area contributed by atoms with Crippen LogP contribution < -0.4 is 4.90 Å². The van der Waals surface area contributed by atoms with E-state index in [2.05, 4.69) is 42.2 Å². The van der Waals surface area contributed by atoms with Crippen molar-refractivity contribution in [2.75, 3.05) is 11.4 Å². The highest BCUT2D eigenvalue weighted by atomic mass is 32.1. The van der Waals surface area contributed by atoms with Gasteiger partial charge in [-0.15, -0.1) is 11.3 Å². The first kappa shape index (κ1) is 13.4. The summed E-state index contributed by atoms with van der Waals surface area (Å²) in [4.78, 5) is 15.3. The highest BCUT2D eigenvalue weighted by molar-refractivity contribution is 7.18. The molecule has 0 aliphatic carbocycles. The Hall–Kier alpha value is -1.61. The van der Waals surface area contributed by atoms with E-state index in [0.29, 0.717) is 6.42 Å². The zero-order chi connectivity index (χ0) is 13.9. The standard InChI is InChI=1S/C17H19NOS/c1-2-3-8-15(19)16-9-10-17(20-16)18-12-11-13-6-4-5-7-14(13)18/h4-7,9-10H,2-3,8,11-12H2,1H3. The highest BCUT2D eigenvalue weighted by Gasteiger charge is 2.21. The van der Waals surface area contributed by atoms with Gasteiger partial charge in [-0.2, -0.15) is 0 Å². The van der Waals surface area contributed by atoms with Gasteiger partial charge in [0, 0.05) is 18.7 Å². The lowest BCUT2D eigenvalue weighted by atomic mass is 10.1. The van der Waals surface area contributed by atoms with Crippen LogP contribution in [-0.2, 0) is 6.42 Å². The van der Waals surface area contributed by atoms with Crippen molar-refractivity contribution in [3.05, 3.63) is 46.8 Å². The molecule has 0 unspecified atom stereocenters. The number of hydrogen-bond acceptors (Lipinski definition) is 3. The monoisotopic (exact) mass is 285 g/mol. The van der Waals surface area contributed by atoms with Gasteiger partial charge < -0.3 is 4.90 Å². The molecule has 0 fully saturated rings. The van der Waals surface area contributed by atoms with Crippen LogP contribution in [-0.4, -0.2) is 12.3 Å². The minimum absolute atomic E-state index is 0.288. The Morgan fingerprint density at radius 1 is 1.25 bits per heavy atom. The van der Waals surface area contributed by atoms with Crippen LogP contribution in [0.15, 0.2) is 36.4 Å². The molecule has 1 aliphatic rings. The van der Waals surface area contributed by atoms with E-state index in [9.17, 15) is 4.79 Å². The quantitative estimate of drug-likeness (QED) is 0.734. The molecule has 3 rings (SSSR count). The molecule has 0 saturated heterocycles. The molecule has 3 heteroatoms. The maximum atomic E-state index is 12.1. The molecule has 0 radical (unpaired) electrons. The van der Waals surface area contributed by atoms with Gasteiger partial charge in [0.2, 0.25) is 0 Å². The molecule has 20 heavy (non-hydrogen) atoms. The van der Waals surface area contributed by atoms with Crippen molar-refractivity contribution < 1.29 is 4.79 Å². The third kappa shape index (κ3) is 2.50. The van der Waals surface area contributed by atoms with Crippen molar-refractivity contribution in [3.8, 4) is 0 Å². The third-order valence-electron chi connectivity index (χ3n) is 3.78. The number of para-hydroxylation sites is 1. The average molecular weight is 285 g/mol. The lowest BCUT2D eigenvalue weighted by Crippen LogP contribution is -2.11. The zero-order valence-corrected chi connectivity index (χ0v) is 12.6. The van der Waals surface area contributed by atoms with E-state index in [4.69, 9.17) is 0 Å². The summed E-state index contributed by atoms with van der Waals surface area (Å²) in [6.07, 6.45) is 3.82. The molecule has 104 valence electrons. The summed E-state index contributed by atoms with van der Waals surface area (Å²) in [5.74, 6) is 0.288. The van der Waals surface area contributed by atoms with Gasteiger partial charge in [0.1, 0.15) is 0 Å². The molecule has 0 atom stereocenters. The SMILES string of the molecule is CCCCC(=O)c1ccc(N2CCc3ccccc32)s1. The lowest BCUT2D eigenvalue weighted by Gasteiger charge is -2.16. The number of ketones is 1. The van der Waals surface area contributed by atoms with E-state index < -0.39 is 0 Å². The van der Waals surface area contributed by atoms with E-state index in [1.54, 1.807) is 11.3 Å². The molecule has 2 aromatic rings. The average Bonchev–Trinajstić information content (AvgIpc) is 3.10. The Morgan fingerprint density at radius 3 is 2.95 bits per heavy atom. The number of thiophene rings is 1. The van der Waals surface area contributed by atoms with Crippen molar-refractivity contribution in [1.82, 2.24) is 0 Å². The van der Waals surface area contributed by atoms with E-state index in [0.717, 1.165) is 30.7 Å². The second kappa shape index (κ2) is 5.80. The topological polar surface area (TPSA) is 20.3 Å². The number of carbonyl (C=O) groups is 1. The van der Waals surface area contributed by atoms with Crippen LogP contribution in [0, 0.1) is 0 Å². The first-order chi connectivity index (χ1) is 9.79. The fourth-order valence-electron chi connectivity index (χ4n) is 2.65. The van der Waals surface area contributed by atoms with Gasteiger partial charge in [0.15, 0.2) is 5.78 Å². The highest BCUT2D eigenvalue weighted by Crippen LogP contribution is 2.38. The molecule has 0 N–H and O–H groups in total. The number of unbranched alkanes of at least 4 members (excludes halogenated alkanes) is 1. The van der Waals surface area contributed by atoms with Crippen LogP contribution in [0.3, 0.4) is 0 Å². The molecule has 1 aliphatic heterocycles. The number of hydrogen-bond donors (Lipinski definition) is 0. The number of anilines is 2. The summed E-state index contributed by atoms with van der Waals surface area (Å²) in [5.41, 5.74) is 2.70. The first-order valence-electron chi connectivity index (χ1n) is 7.28. The van der Waals surface area contributed by atoms with Gasteiger partial charge in [-0.05, 0) is 36.6 Å². The minimum atomic E-state index is 0.288. The molecule has 0 amide bonds. The predicted molar refractivity (Wildman–Crippen MR) is 85.3 cm³/mol. The van der Waals surface area contributed by atoms with Crippen LogP contribution in [0.4, 0.5) is 10.7 Å². The van der Waals surface area contributed by atoms with E-state index in [1.165, 1.54) is 16.3 Å². The summed E-state index contributed by atoms with van der Waals surface area (Å²) in [7, 11) is 0. The van der Waals surface area contributed by atoms with Crippen LogP contribution in [0.2, 0.25) is 0 Å². The number of Topliss-reactive ketones (excluding diaryl/α,β-unsaturated/α-hetero) is 1. The molecule has 0 spiro atoms. The van der Waals surface area contributed by atoms with Gasteiger partial charge in [-0.1, -0.05) is 31.5 Å². The summed E-state index contributed by atoms with van der Waals surface area (Å²) in [5, 5.41) is 1.19. The number of fused-ring (bicyclic) bond motifs is 1. The Morgan fingerprint density at radius 2 is 2.10 bits per heavy atom. The van der Waals surface area contributed by atoms with E-state index >= 15 is 0 Å². The maximum Gasteiger partial charge on any atom is 0.172 e. The van der Waals surface area contributed by atoms with Gasteiger partial charge in [0.25, 0.3) is 0 Å². The fraction of sp³-hybridized carbons (Fsp3) is 0.353. The second-order valence-electron chi connectivity index (χ2n) is 5.19. The lowest BCUT2D eigenvalue weighted by molar-refractivity contribution is 0.0983. The van der Waals surface area contributed by atoms with Crippen molar-refractivity contribution in [3.63, 3.8) is 0 Å². The molecule has 2 nitrogen and oxygen atoms in total. The molecule has 0 bridgehead atoms. The predicted octanol–water partition coefficient (Wildman–Crippen LogP) is 4.82. The number of rotatable bonds is 5. The molecule has 0 saturated carbocycles. The Bertz CT molecular complexity index is 617. The normalized spacial score (nSPS) is 13.6. The van der Waals surface area contributed by atoms with Gasteiger partial charge >= 0.3 is 0 Å². The van der Waals surface area contributed by atoms with Crippen molar-refractivity contribution in [1.29, 1.82) is 0 Å². The van der Waals surface area contributed by atoms with Crippen molar-refractivity contribution in [2.24, 2.45) is 0 Å². The maximum absolute atomic E-state index is 12.1. The summed E-state index contributed by atoms with van der Waals surface area (Å²) in [6.45, 7) is 3.14. The second-order valence-corrected chi connectivity index (χ2v) is 6.26. The van der Waals surface area contributed by atoms with Crippen LogP contribution in [0.25, 0.3) is 0 Å². The van der Waals surface area contributed by atoms with Crippen molar-refractivity contribution in [2.45, 2.75) is 32.6 Å². The molecular formula is C17H19NOS. The Balaban J connectivity index is 1.80. The zero-order valence-electron chi connectivity index (χ0n) is 11.8. The van der Waals surface area contributed by atoms with Crippen LogP contribution >= 0.6 is 11.3 Å². The summed E-state index contributed by atoms with van der Waals surface area (Å²) in [6, 6.07) is 12.6. The fourth-order valence-corrected chi connectivity index (χ4v) is 3.66. The van der Waals surface area contributed by atoms with Crippen LogP contribution in [0.1, 0.15) is 41.4 Å². The summed E-state index contributed by atoms with van der Waals surface area (Å²) >= 11 is 1.63. The molecule has 2 heterocycles. The molecule has 1 aromatic carbocycles. The summed E-state index contributed by atoms with van der Waals surface area (Å²) < 4.78 is 0. The molecular weight excluding hydrogens is 266 g/mol. The Labute approximate surface area is 124 Å². The molecule has 1 aromatic heterocycles. The van der Waals surface area contributed by atoms with Crippen LogP contribution in [0.5, 0.6) is 0 Å². The van der Waals surface area contributed by atoms with E-state index in [-0.39, 0.29) is 5.78 Å². The van der Waals surface area contributed by atoms with Crippen molar-refractivity contribution >= 4 is 27.8 Å². The minimum Gasteiger partial charge on any atom is -0.333 e. The van der Waals surface area contributed by atoms with Gasteiger partial charge in [-0.25, -0.2) is 0 Å². The number of benzene rings is 1. The first-order valence-corrected chi connectivity index (χ1v) is 8.09. The largest absolute Gasteiger partial charge is 0.333 e.